The number of nitrogens with zero attached hydrogens (tertiary/aromatic N) is 4. The van der Waals surface area contributed by atoms with Gasteiger partial charge in [-0.15, -0.1) is 10.2 Å². The van der Waals surface area contributed by atoms with Gasteiger partial charge < -0.3 is 15.0 Å². The van der Waals surface area contributed by atoms with Crippen LogP contribution in [0.4, 0.5) is 11.4 Å². The quantitative estimate of drug-likeness (QED) is 0.634. The highest BCUT2D eigenvalue weighted by atomic mass is 32.2. The predicted molar refractivity (Wildman–Crippen MR) is 115 cm³/mol. The fraction of sp³-hybridized carbons (Fsp3) is 0.238. The van der Waals surface area contributed by atoms with E-state index in [4.69, 9.17) is 4.74 Å². The van der Waals surface area contributed by atoms with Crippen LogP contribution in [0.3, 0.4) is 0 Å². The molecule has 1 N–H and O–H groups in total. The third-order valence-electron chi connectivity index (χ3n) is 4.81. The van der Waals surface area contributed by atoms with Crippen LogP contribution in [0.25, 0.3) is 5.69 Å². The summed E-state index contributed by atoms with van der Waals surface area (Å²) in [6, 6.07) is 14.6. The first-order valence-corrected chi connectivity index (χ1v) is 10.4. The van der Waals surface area contributed by atoms with Crippen LogP contribution < -0.4 is 15.0 Å². The van der Waals surface area contributed by atoms with E-state index in [9.17, 15) is 9.59 Å². The van der Waals surface area contributed by atoms with E-state index in [-0.39, 0.29) is 30.0 Å². The number of anilines is 2. The van der Waals surface area contributed by atoms with Gasteiger partial charge in [-0.2, -0.15) is 0 Å². The molecule has 0 unspecified atom stereocenters. The molecule has 154 valence electrons. The van der Waals surface area contributed by atoms with Gasteiger partial charge in [-0.1, -0.05) is 36.0 Å². The fourth-order valence-electron chi connectivity index (χ4n) is 3.48. The minimum Gasteiger partial charge on any atom is -0.495 e. The monoisotopic (exact) mass is 423 g/mol. The SMILES string of the molecule is COc1ccccc1-n1cnnc1SCC(=O)N1c2ccccc2NC(=O)C[C@H]1C. The number of hydrogen-bond donors (Lipinski definition) is 1. The van der Waals surface area contributed by atoms with E-state index in [1.54, 1.807) is 29.0 Å². The van der Waals surface area contributed by atoms with Crippen molar-refractivity contribution in [2.75, 3.05) is 23.1 Å². The number of nitrogens with one attached hydrogen (secondary N) is 1. The highest BCUT2D eigenvalue weighted by molar-refractivity contribution is 7.99. The number of benzene rings is 2. The molecule has 1 atom stereocenters. The van der Waals surface area contributed by atoms with Gasteiger partial charge in [0, 0.05) is 12.5 Å². The Morgan fingerprint density at radius 3 is 2.73 bits per heavy atom. The van der Waals surface area contributed by atoms with Crippen LogP contribution in [0.5, 0.6) is 5.75 Å². The largest absolute Gasteiger partial charge is 0.495 e. The van der Waals surface area contributed by atoms with Crippen molar-refractivity contribution in [3.8, 4) is 11.4 Å². The van der Waals surface area contributed by atoms with Gasteiger partial charge in [0.2, 0.25) is 11.8 Å². The van der Waals surface area contributed by atoms with E-state index in [0.717, 1.165) is 5.69 Å². The molecule has 0 bridgehead atoms. The van der Waals surface area contributed by atoms with E-state index in [0.29, 0.717) is 22.3 Å². The molecule has 0 saturated heterocycles. The molecule has 0 aliphatic carbocycles. The topological polar surface area (TPSA) is 89.3 Å². The van der Waals surface area contributed by atoms with Crippen molar-refractivity contribution in [1.29, 1.82) is 0 Å². The fourth-order valence-corrected chi connectivity index (χ4v) is 4.26. The van der Waals surface area contributed by atoms with E-state index in [1.165, 1.54) is 11.8 Å². The summed E-state index contributed by atoms with van der Waals surface area (Å²) in [5, 5.41) is 11.6. The number of carbonyl (C=O) groups excluding carboxylic acids is 2. The number of thioether (sulfide) groups is 1. The number of methoxy groups -OCH3 is 1. The molecule has 8 nitrogen and oxygen atoms in total. The van der Waals surface area contributed by atoms with Crippen molar-refractivity contribution < 1.29 is 14.3 Å². The highest BCUT2D eigenvalue weighted by Gasteiger charge is 2.29. The maximum atomic E-state index is 13.2. The first-order chi connectivity index (χ1) is 14.6. The Balaban J connectivity index is 1.56. The smallest absolute Gasteiger partial charge is 0.237 e. The lowest BCUT2D eigenvalue weighted by Crippen LogP contribution is -2.40. The van der Waals surface area contributed by atoms with Gasteiger partial charge in [0.15, 0.2) is 5.16 Å². The van der Waals surface area contributed by atoms with Gasteiger partial charge in [0.25, 0.3) is 0 Å². The van der Waals surface area contributed by atoms with Crippen molar-refractivity contribution in [2.24, 2.45) is 0 Å². The van der Waals surface area contributed by atoms with Crippen molar-refractivity contribution in [3.05, 3.63) is 54.9 Å². The van der Waals surface area contributed by atoms with Gasteiger partial charge in [-0.3, -0.25) is 14.2 Å². The standard InChI is InChI=1S/C21H21N5O3S/c1-14-11-19(27)23-15-7-3-4-8-16(15)26(14)20(28)12-30-21-24-22-13-25(21)17-9-5-6-10-18(17)29-2/h3-10,13-14H,11-12H2,1-2H3,(H,23,27)/t14-/m1/s1. The van der Waals surface area contributed by atoms with Crippen molar-refractivity contribution in [3.63, 3.8) is 0 Å². The molecular weight excluding hydrogens is 402 g/mol. The minimum atomic E-state index is -0.256. The summed E-state index contributed by atoms with van der Waals surface area (Å²) in [4.78, 5) is 27.0. The normalized spacial score (nSPS) is 15.9. The molecule has 2 heterocycles. The summed E-state index contributed by atoms with van der Waals surface area (Å²) in [6.07, 6.45) is 1.83. The van der Waals surface area contributed by atoms with Crippen LogP contribution in [0.2, 0.25) is 0 Å². The number of para-hydroxylation sites is 4. The van der Waals surface area contributed by atoms with Crippen LogP contribution in [-0.2, 0) is 9.59 Å². The maximum Gasteiger partial charge on any atom is 0.237 e. The number of hydrogen-bond acceptors (Lipinski definition) is 6. The first-order valence-electron chi connectivity index (χ1n) is 9.45. The second kappa shape index (κ2) is 8.58. The van der Waals surface area contributed by atoms with E-state index >= 15 is 0 Å². The average molecular weight is 423 g/mol. The molecule has 2 aromatic carbocycles. The van der Waals surface area contributed by atoms with Gasteiger partial charge in [-0.25, -0.2) is 0 Å². The Hall–Kier alpha value is -3.33. The Kier molecular flexibility index (Phi) is 5.71. The zero-order valence-electron chi connectivity index (χ0n) is 16.6. The van der Waals surface area contributed by atoms with Gasteiger partial charge >= 0.3 is 0 Å². The van der Waals surface area contributed by atoms with E-state index in [1.807, 2.05) is 49.4 Å². The lowest BCUT2D eigenvalue weighted by atomic mass is 10.2. The molecule has 4 rings (SSSR count). The lowest BCUT2D eigenvalue weighted by molar-refractivity contribution is -0.117. The predicted octanol–water partition coefficient (Wildman–Crippen LogP) is 3.13. The molecule has 9 heteroatoms. The maximum absolute atomic E-state index is 13.2. The number of ether oxygens (including phenoxy) is 1. The minimum absolute atomic E-state index is 0.103. The number of amides is 2. The molecule has 2 amide bonds. The van der Waals surface area contributed by atoms with Gasteiger partial charge in [0.05, 0.1) is 29.9 Å². The van der Waals surface area contributed by atoms with Crippen LogP contribution in [0.15, 0.2) is 60.0 Å². The first kappa shape index (κ1) is 20.0. The Labute approximate surface area is 178 Å². The molecule has 30 heavy (non-hydrogen) atoms. The summed E-state index contributed by atoms with van der Waals surface area (Å²) in [5.41, 5.74) is 2.14. The molecule has 1 aliphatic heterocycles. The zero-order valence-corrected chi connectivity index (χ0v) is 17.4. The second-order valence-electron chi connectivity index (χ2n) is 6.83. The number of rotatable bonds is 5. The van der Waals surface area contributed by atoms with Crippen LogP contribution >= 0.6 is 11.8 Å². The molecule has 0 radical (unpaired) electrons. The number of carbonyl (C=O) groups is 2. The third-order valence-corrected chi connectivity index (χ3v) is 5.74. The Bertz CT molecular complexity index is 1080. The Morgan fingerprint density at radius 2 is 1.93 bits per heavy atom. The zero-order chi connectivity index (χ0) is 21.1. The third kappa shape index (κ3) is 3.88. The summed E-state index contributed by atoms with van der Waals surface area (Å²) in [7, 11) is 1.60. The summed E-state index contributed by atoms with van der Waals surface area (Å²) in [6.45, 7) is 1.88. The summed E-state index contributed by atoms with van der Waals surface area (Å²) in [5.74, 6) is 0.630. The van der Waals surface area contributed by atoms with Crippen molar-refractivity contribution in [2.45, 2.75) is 24.5 Å². The van der Waals surface area contributed by atoms with Gasteiger partial charge in [-0.05, 0) is 31.2 Å². The second-order valence-corrected chi connectivity index (χ2v) is 7.77. The molecule has 0 spiro atoms. The molecule has 1 aromatic heterocycles. The van der Waals surface area contributed by atoms with Gasteiger partial charge in [0.1, 0.15) is 12.1 Å². The summed E-state index contributed by atoms with van der Waals surface area (Å²) < 4.78 is 7.22. The summed E-state index contributed by atoms with van der Waals surface area (Å²) >= 11 is 1.29. The molecule has 1 aliphatic rings. The van der Waals surface area contributed by atoms with Crippen LogP contribution in [0.1, 0.15) is 13.3 Å². The average Bonchev–Trinajstić information content (AvgIpc) is 3.16. The number of aromatic nitrogens is 3. The number of fused-ring (bicyclic) bond motifs is 1. The van der Waals surface area contributed by atoms with E-state index in [2.05, 4.69) is 15.5 Å². The Morgan fingerprint density at radius 1 is 1.20 bits per heavy atom. The van der Waals surface area contributed by atoms with Crippen molar-refractivity contribution in [1.82, 2.24) is 14.8 Å². The molecule has 0 saturated carbocycles. The van der Waals surface area contributed by atoms with Crippen LogP contribution in [-0.4, -0.2) is 45.5 Å². The lowest BCUT2D eigenvalue weighted by Gasteiger charge is -2.27. The highest BCUT2D eigenvalue weighted by Crippen LogP contribution is 2.32. The molecular formula is C21H21N5O3S. The molecule has 0 fully saturated rings. The van der Waals surface area contributed by atoms with Crippen LogP contribution in [0, 0.1) is 0 Å². The van der Waals surface area contributed by atoms with Crippen molar-refractivity contribution >= 4 is 35.0 Å². The molecule has 3 aromatic rings. The van der Waals surface area contributed by atoms with E-state index < -0.39 is 0 Å².